The highest BCUT2D eigenvalue weighted by molar-refractivity contribution is 8.15. The van der Waals surface area contributed by atoms with Crippen molar-refractivity contribution in [2.24, 2.45) is 4.99 Å². The zero-order chi connectivity index (χ0) is 24.8. The fourth-order valence-corrected chi connectivity index (χ4v) is 4.97. The smallest absolute Gasteiger partial charge is 0.238 e. The maximum Gasteiger partial charge on any atom is 0.238 e. The molecule has 1 aliphatic rings. The monoisotopic (exact) mass is 509 g/mol. The molecule has 0 radical (unpaired) electrons. The molecule has 0 saturated carbocycles. The lowest BCUT2D eigenvalue weighted by molar-refractivity contribution is -0.129. The number of carbonyl (C=O) groups is 2. The van der Waals surface area contributed by atoms with Crippen molar-refractivity contribution >= 4 is 51.7 Å². The molecule has 0 bridgehead atoms. The van der Waals surface area contributed by atoms with Gasteiger partial charge in [-0.1, -0.05) is 59.8 Å². The summed E-state index contributed by atoms with van der Waals surface area (Å²) < 4.78 is 13.4. The molecule has 5 nitrogen and oxygen atoms in total. The number of halogens is 2. The number of nitrogens with zero attached hydrogens (tertiary/aromatic N) is 2. The standard InChI is InChI=1S/C27H25ClFN3O2S/c1-18-9-12-22(16-23(18)28)30-26(34)24-17-25(33)32(15-5-8-19-6-3-2-4-7-19)27(35-24)31-21-13-10-20(29)11-14-21/h2-4,6-7,9-14,16,24H,5,8,15,17H2,1H3,(H,30,34). The Morgan fingerprint density at radius 2 is 1.89 bits per heavy atom. The number of aryl methyl sites for hydroxylation is 2. The van der Waals surface area contributed by atoms with Gasteiger partial charge in [0.25, 0.3) is 0 Å². The van der Waals surface area contributed by atoms with Crippen LogP contribution >= 0.6 is 23.4 Å². The van der Waals surface area contributed by atoms with Gasteiger partial charge in [0.1, 0.15) is 11.1 Å². The van der Waals surface area contributed by atoms with E-state index in [1.54, 1.807) is 29.2 Å². The highest BCUT2D eigenvalue weighted by atomic mass is 35.5. The van der Waals surface area contributed by atoms with Crippen LogP contribution in [0.5, 0.6) is 0 Å². The Bertz CT molecular complexity index is 1230. The van der Waals surface area contributed by atoms with Gasteiger partial charge in [0.2, 0.25) is 11.8 Å². The third-order valence-corrected chi connectivity index (χ3v) is 7.21. The second-order valence-electron chi connectivity index (χ2n) is 8.27. The van der Waals surface area contributed by atoms with Crippen LogP contribution in [0, 0.1) is 12.7 Å². The molecule has 4 rings (SSSR count). The fraction of sp³-hybridized carbons (Fsp3) is 0.222. The summed E-state index contributed by atoms with van der Waals surface area (Å²) in [5.41, 5.74) is 3.18. The molecule has 1 unspecified atom stereocenters. The SMILES string of the molecule is Cc1ccc(NC(=O)C2CC(=O)N(CCCc3ccccc3)C(=Nc3ccc(F)cc3)S2)cc1Cl. The summed E-state index contributed by atoms with van der Waals surface area (Å²) >= 11 is 7.42. The van der Waals surface area contributed by atoms with Gasteiger partial charge < -0.3 is 5.32 Å². The van der Waals surface area contributed by atoms with Gasteiger partial charge in [-0.2, -0.15) is 0 Å². The molecule has 1 heterocycles. The number of rotatable bonds is 7. The molecule has 180 valence electrons. The fourth-order valence-electron chi connectivity index (χ4n) is 3.67. The minimum absolute atomic E-state index is 0.0594. The van der Waals surface area contributed by atoms with Crippen molar-refractivity contribution in [3.8, 4) is 0 Å². The first-order valence-corrected chi connectivity index (χ1v) is 12.6. The van der Waals surface area contributed by atoms with Gasteiger partial charge in [0.15, 0.2) is 5.17 Å². The predicted octanol–water partition coefficient (Wildman–Crippen LogP) is 6.38. The first kappa shape index (κ1) is 24.9. The molecule has 0 aromatic heterocycles. The van der Waals surface area contributed by atoms with Gasteiger partial charge in [0.05, 0.1) is 5.69 Å². The number of aliphatic imine (C=N–C) groups is 1. The highest BCUT2D eigenvalue weighted by Gasteiger charge is 2.35. The molecule has 1 saturated heterocycles. The number of amidine groups is 1. The Kier molecular flexibility index (Phi) is 8.21. The van der Waals surface area contributed by atoms with Crippen LogP contribution in [-0.2, 0) is 16.0 Å². The van der Waals surface area contributed by atoms with Crippen LogP contribution in [0.25, 0.3) is 0 Å². The Morgan fingerprint density at radius 1 is 1.14 bits per heavy atom. The number of hydrogen-bond acceptors (Lipinski definition) is 4. The summed E-state index contributed by atoms with van der Waals surface area (Å²) in [7, 11) is 0. The summed E-state index contributed by atoms with van der Waals surface area (Å²) in [5, 5.41) is 3.19. The lowest BCUT2D eigenvalue weighted by Crippen LogP contribution is -2.45. The van der Waals surface area contributed by atoms with Gasteiger partial charge in [-0.25, -0.2) is 9.38 Å². The minimum atomic E-state index is -0.646. The zero-order valence-corrected chi connectivity index (χ0v) is 20.8. The molecule has 8 heteroatoms. The molecule has 3 aromatic rings. The Balaban J connectivity index is 1.51. The number of anilines is 1. The van der Waals surface area contributed by atoms with E-state index in [0.29, 0.717) is 28.1 Å². The van der Waals surface area contributed by atoms with E-state index in [9.17, 15) is 14.0 Å². The summed E-state index contributed by atoms with van der Waals surface area (Å²) in [6, 6.07) is 21.1. The van der Waals surface area contributed by atoms with E-state index < -0.39 is 5.25 Å². The van der Waals surface area contributed by atoms with Crippen molar-refractivity contribution in [3.05, 3.63) is 94.8 Å². The number of thioether (sulfide) groups is 1. The zero-order valence-electron chi connectivity index (χ0n) is 19.2. The van der Waals surface area contributed by atoms with E-state index >= 15 is 0 Å². The normalized spacial score (nSPS) is 17.0. The van der Waals surface area contributed by atoms with Crippen molar-refractivity contribution in [2.45, 2.75) is 31.4 Å². The summed E-state index contributed by atoms with van der Waals surface area (Å²) in [5.74, 6) is -0.825. The molecule has 0 aliphatic carbocycles. The van der Waals surface area contributed by atoms with Crippen LogP contribution in [-0.4, -0.2) is 33.7 Å². The van der Waals surface area contributed by atoms with E-state index in [-0.39, 0.29) is 24.1 Å². The summed E-state index contributed by atoms with van der Waals surface area (Å²) in [6.07, 6.45) is 1.62. The Hall–Kier alpha value is -3.16. The first-order valence-electron chi connectivity index (χ1n) is 11.3. The van der Waals surface area contributed by atoms with Crippen molar-refractivity contribution < 1.29 is 14.0 Å². The van der Waals surface area contributed by atoms with Crippen molar-refractivity contribution in [1.82, 2.24) is 4.90 Å². The maximum atomic E-state index is 13.4. The molecule has 1 N–H and O–H groups in total. The Labute approximate surface area is 213 Å². The number of amides is 2. The van der Waals surface area contributed by atoms with E-state index in [0.717, 1.165) is 18.4 Å². The quantitative estimate of drug-likeness (QED) is 0.402. The molecular formula is C27H25ClFN3O2S. The molecule has 3 aromatic carbocycles. The van der Waals surface area contributed by atoms with Crippen LogP contribution < -0.4 is 5.32 Å². The Morgan fingerprint density at radius 3 is 2.60 bits per heavy atom. The van der Waals surface area contributed by atoms with Crippen LogP contribution in [0.3, 0.4) is 0 Å². The van der Waals surface area contributed by atoms with E-state index in [1.807, 2.05) is 31.2 Å². The van der Waals surface area contributed by atoms with Crippen LogP contribution in [0.2, 0.25) is 5.02 Å². The number of benzene rings is 3. The van der Waals surface area contributed by atoms with Gasteiger partial charge in [-0.05, 0) is 67.3 Å². The second-order valence-corrected chi connectivity index (χ2v) is 9.85. The molecule has 1 atom stereocenters. The lowest BCUT2D eigenvalue weighted by atomic mass is 10.1. The average Bonchev–Trinajstić information content (AvgIpc) is 2.85. The molecule has 0 spiro atoms. The van der Waals surface area contributed by atoms with Gasteiger partial charge >= 0.3 is 0 Å². The third-order valence-electron chi connectivity index (χ3n) is 5.61. The van der Waals surface area contributed by atoms with Crippen molar-refractivity contribution in [3.63, 3.8) is 0 Å². The molecule has 1 aliphatic heterocycles. The van der Waals surface area contributed by atoms with Crippen LogP contribution in [0.4, 0.5) is 15.8 Å². The molecule has 1 fully saturated rings. The van der Waals surface area contributed by atoms with Gasteiger partial charge in [-0.3, -0.25) is 14.5 Å². The van der Waals surface area contributed by atoms with E-state index in [1.165, 1.54) is 29.5 Å². The van der Waals surface area contributed by atoms with Crippen molar-refractivity contribution in [2.75, 3.05) is 11.9 Å². The highest BCUT2D eigenvalue weighted by Crippen LogP contribution is 2.31. The van der Waals surface area contributed by atoms with Crippen molar-refractivity contribution in [1.29, 1.82) is 0 Å². The predicted molar refractivity (Wildman–Crippen MR) is 141 cm³/mol. The van der Waals surface area contributed by atoms with Gasteiger partial charge in [0, 0.05) is 23.7 Å². The minimum Gasteiger partial charge on any atom is -0.325 e. The first-order chi connectivity index (χ1) is 16.9. The number of hydrogen-bond donors (Lipinski definition) is 1. The van der Waals surface area contributed by atoms with E-state index in [4.69, 9.17) is 11.6 Å². The lowest BCUT2D eigenvalue weighted by Gasteiger charge is -2.32. The van der Waals surface area contributed by atoms with Crippen LogP contribution in [0.15, 0.2) is 77.8 Å². The third kappa shape index (κ3) is 6.71. The van der Waals surface area contributed by atoms with Gasteiger partial charge in [-0.15, -0.1) is 0 Å². The molecule has 2 amide bonds. The topological polar surface area (TPSA) is 61.8 Å². The van der Waals surface area contributed by atoms with E-state index in [2.05, 4.69) is 22.4 Å². The summed E-state index contributed by atoms with van der Waals surface area (Å²) in [6.45, 7) is 2.36. The maximum absolute atomic E-state index is 13.4. The molecule has 35 heavy (non-hydrogen) atoms. The average molecular weight is 510 g/mol. The largest absolute Gasteiger partial charge is 0.325 e. The molecular weight excluding hydrogens is 485 g/mol. The van der Waals surface area contributed by atoms with Crippen LogP contribution in [0.1, 0.15) is 24.0 Å². The number of carbonyl (C=O) groups excluding carboxylic acids is 2. The summed E-state index contributed by atoms with van der Waals surface area (Å²) in [4.78, 5) is 32.4. The number of nitrogens with one attached hydrogen (secondary N) is 1. The second kappa shape index (κ2) is 11.5.